The molecule has 0 heterocycles. The van der Waals surface area contributed by atoms with Crippen LogP contribution in [0.15, 0.2) is 53.4 Å². The predicted octanol–water partition coefficient (Wildman–Crippen LogP) is 5.42. The molecule has 0 aliphatic carbocycles. The van der Waals surface area contributed by atoms with Gasteiger partial charge in [0.2, 0.25) is 11.8 Å². The highest BCUT2D eigenvalue weighted by atomic mass is 35.5. The molecule has 0 radical (unpaired) electrons. The number of hydrogen-bond donors (Lipinski definition) is 1. The number of carbonyl (C=O) groups is 2. The van der Waals surface area contributed by atoms with E-state index in [1.54, 1.807) is 30.0 Å². The van der Waals surface area contributed by atoms with E-state index in [-0.39, 0.29) is 30.2 Å². The maximum absolute atomic E-state index is 13.1. The Labute approximate surface area is 187 Å². The summed E-state index contributed by atoms with van der Waals surface area (Å²) in [7, 11) is 0. The summed E-state index contributed by atoms with van der Waals surface area (Å²) in [5.41, 5.74) is 0.808. The minimum absolute atomic E-state index is 0.0469. The lowest BCUT2D eigenvalue weighted by Crippen LogP contribution is -2.50. The van der Waals surface area contributed by atoms with E-state index in [0.717, 1.165) is 16.9 Å². The molecule has 2 amide bonds. The first-order valence-corrected chi connectivity index (χ1v) is 11.3. The molecule has 4 nitrogen and oxygen atoms in total. The molecular formula is C22H26Cl2N2O2S. The van der Waals surface area contributed by atoms with Gasteiger partial charge in [-0.1, -0.05) is 48.3 Å². The molecule has 1 N–H and O–H groups in total. The third kappa shape index (κ3) is 7.25. The van der Waals surface area contributed by atoms with Crippen molar-refractivity contribution in [2.45, 2.75) is 50.7 Å². The van der Waals surface area contributed by atoms with E-state index in [1.807, 2.05) is 44.2 Å². The first-order valence-electron chi connectivity index (χ1n) is 9.53. The number of rotatable bonds is 9. The first kappa shape index (κ1) is 23.6. The molecule has 2 aromatic rings. The lowest BCUT2D eigenvalue weighted by molar-refractivity contribution is -0.138. The number of thioether (sulfide) groups is 1. The van der Waals surface area contributed by atoms with E-state index in [9.17, 15) is 9.59 Å². The topological polar surface area (TPSA) is 49.4 Å². The maximum Gasteiger partial charge on any atom is 0.242 e. The quantitative estimate of drug-likeness (QED) is 0.516. The second kappa shape index (κ2) is 11.5. The zero-order valence-electron chi connectivity index (χ0n) is 16.8. The molecule has 0 spiro atoms. The van der Waals surface area contributed by atoms with Gasteiger partial charge < -0.3 is 10.2 Å². The fraction of sp³-hybridized carbons (Fsp3) is 0.364. The number of benzene rings is 2. The van der Waals surface area contributed by atoms with Crippen molar-refractivity contribution in [3.8, 4) is 0 Å². The molecule has 2 aromatic carbocycles. The second-order valence-electron chi connectivity index (χ2n) is 6.85. The number of carbonyl (C=O) groups excluding carboxylic acids is 2. The standard InChI is InChI=1S/C22H26Cl2N2O2S/c1-4-15(2)25-22(28)16(3)26(13-17-7-5-6-8-20(17)24)21(27)14-29-19-11-9-18(23)10-12-19/h5-12,15-16H,4,13-14H2,1-3H3,(H,25,28)/t15-,16-/m0/s1. The number of hydrogen-bond acceptors (Lipinski definition) is 3. The van der Waals surface area contributed by atoms with Gasteiger partial charge in [0.05, 0.1) is 5.75 Å². The van der Waals surface area contributed by atoms with Crippen LogP contribution in [0.4, 0.5) is 0 Å². The van der Waals surface area contributed by atoms with Crippen LogP contribution >= 0.6 is 35.0 Å². The number of nitrogens with zero attached hydrogens (tertiary/aromatic N) is 1. The summed E-state index contributed by atoms with van der Waals surface area (Å²) >= 11 is 13.6. The summed E-state index contributed by atoms with van der Waals surface area (Å²) < 4.78 is 0. The number of halogens is 2. The number of amides is 2. The molecule has 2 atom stereocenters. The molecule has 0 fully saturated rings. The van der Waals surface area contributed by atoms with Gasteiger partial charge in [0, 0.05) is 27.5 Å². The molecule has 0 aliphatic rings. The van der Waals surface area contributed by atoms with Gasteiger partial charge in [-0.3, -0.25) is 9.59 Å². The van der Waals surface area contributed by atoms with Crippen molar-refractivity contribution in [2.24, 2.45) is 0 Å². The SMILES string of the molecule is CC[C@H](C)NC(=O)[C@H](C)N(Cc1ccccc1Cl)C(=O)CSc1ccc(Cl)cc1. The average Bonchev–Trinajstić information content (AvgIpc) is 2.71. The van der Waals surface area contributed by atoms with E-state index in [4.69, 9.17) is 23.2 Å². The number of nitrogens with one attached hydrogen (secondary N) is 1. The van der Waals surface area contributed by atoms with E-state index in [2.05, 4.69) is 5.32 Å². The van der Waals surface area contributed by atoms with Crippen molar-refractivity contribution in [3.63, 3.8) is 0 Å². The smallest absolute Gasteiger partial charge is 0.242 e. The van der Waals surface area contributed by atoms with Gasteiger partial charge in [-0.2, -0.15) is 0 Å². The summed E-state index contributed by atoms with van der Waals surface area (Å²) in [6.07, 6.45) is 0.823. The Balaban J connectivity index is 2.15. The molecule has 0 saturated heterocycles. The summed E-state index contributed by atoms with van der Waals surface area (Å²) in [5, 5.41) is 4.18. The normalized spacial score (nSPS) is 12.9. The molecule has 7 heteroatoms. The van der Waals surface area contributed by atoms with Crippen molar-refractivity contribution in [1.29, 1.82) is 0 Å². The zero-order chi connectivity index (χ0) is 21.4. The minimum Gasteiger partial charge on any atom is -0.352 e. The first-order chi connectivity index (χ1) is 13.8. The van der Waals surface area contributed by atoms with Crippen LogP contribution in [0.2, 0.25) is 10.0 Å². The molecule has 0 saturated carbocycles. The Morgan fingerprint density at radius 3 is 2.34 bits per heavy atom. The Bertz CT molecular complexity index is 830. The fourth-order valence-corrected chi connectivity index (χ4v) is 3.72. The van der Waals surface area contributed by atoms with Crippen molar-refractivity contribution in [1.82, 2.24) is 10.2 Å². The second-order valence-corrected chi connectivity index (χ2v) is 8.74. The largest absolute Gasteiger partial charge is 0.352 e. The van der Waals surface area contributed by atoms with Crippen LogP contribution in [0.1, 0.15) is 32.8 Å². The molecule has 29 heavy (non-hydrogen) atoms. The fourth-order valence-electron chi connectivity index (χ4n) is 2.62. The van der Waals surface area contributed by atoms with E-state index in [1.165, 1.54) is 11.8 Å². The van der Waals surface area contributed by atoms with Gasteiger partial charge in [-0.15, -0.1) is 11.8 Å². The van der Waals surface area contributed by atoms with E-state index >= 15 is 0 Å². The summed E-state index contributed by atoms with van der Waals surface area (Å²) in [4.78, 5) is 28.3. The third-order valence-corrected chi connectivity index (χ3v) is 6.26. The summed E-state index contributed by atoms with van der Waals surface area (Å²) in [6, 6.07) is 14.1. The van der Waals surface area contributed by atoms with Crippen molar-refractivity contribution in [3.05, 3.63) is 64.1 Å². The van der Waals surface area contributed by atoms with Gasteiger partial charge in [-0.25, -0.2) is 0 Å². The lowest BCUT2D eigenvalue weighted by atomic mass is 10.1. The van der Waals surface area contributed by atoms with Gasteiger partial charge in [-0.05, 0) is 56.2 Å². The predicted molar refractivity (Wildman–Crippen MR) is 122 cm³/mol. The van der Waals surface area contributed by atoms with Crippen LogP contribution in [0.25, 0.3) is 0 Å². The highest BCUT2D eigenvalue weighted by Crippen LogP contribution is 2.23. The zero-order valence-corrected chi connectivity index (χ0v) is 19.2. The van der Waals surface area contributed by atoms with Crippen LogP contribution in [0.5, 0.6) is 0 Å². The maximum atomic E-state index is 13.1. The molecule has 0 aromatic heterocycles. The van der Waals surface area contributed by atoms with Crippen molar-refractivity contribution < 1.29 is 9.59 Å². The molecule has 156 valence electrons. The molecular weight excluding hydrogens is 427 g/mol. The van der Waals surface area contributed by atoms with Gasteiger partial charge in [0.1, 0.15) is 6.04 Å². The lowest BCUT2D eigenvalue weighted by Gasteiger charge is -2.30. The van der Waals surface area contributed by atoms with Crippen LogP contribution in [0, 0.1) is 0 Å². The molecule has 0 aliphatic heterocycles. The Kier molecular flexibility index (Phi) is 9.34. The average molecular weight is 453 g/mol. The Morgan fingerprint density at radius 2 is 1.72 bits per heavy atom. The highest BCUT2D eigenvalue weighted by Gasteiger charge is 2.27. The Morgan fingerprint density at radius 1 is 1.07 bits per heavy atom. The van der Waals surface area contributed by atoms with Gasteiger partial charge in [0.25, 0.3) is 0 Å². The monoisotopic (exact) mass is 452 g/mol. The van der Waals surface area contributed by atoms with Crippen LogP contribution < -0.4 is 5.32 Å². The van der Waals surface area contributed by atoms with Gasteiger partial charge in [0.15, 0.2) is 0 Å². The third-order valence-electron chi connectivity index (χ3n) is 4.64. The minimum atomic E-state index is -0.612. The van der Waals surface area contributed by atoms with E-state index in [0.29, 0.717) is 10.0 Å². The summed E-state index contributed by atoms with van der Waals surface area (Å²) in [5.74, 6) is -0.0829. The van der Waals surface area contributed by atoms with Crippen molar-refractivity contribution >= 4 is 46.8 Å². The van der Waals surface area contributed by atoms with Crippen LogP contribution in [-0.2, 0) is 16.1 Å². The van der Waals surface area contributed by atoms with Crippen molar-refractivity contribution in [2.75, 3.05) is 5.75 Å². The molecule has 2 rings (SSSR count). The van der Waals surface area contributed by atoms with Gasteiger partial charge >= 0.3 is 0 Å². The van der Waals surface area contributed by atoms with Crippen LogP contribution in [-0.4, -0.2) is 34.6 Å². The van der Waals surface area contributed by atoms with Crippen LogP contribution in [0.3, 0.4) is 0 Å². The molecule has 0 bridgehead atoms. The Hall–Kier alpha value is -1.69. The van der Waals surface area contributed by atoms with E-state index < -0.39 is 6.04 Å². The molecule has 0 unspecified atom stereocenters. The summed E-state index contributed by atoms with van der Waals surface area (Å²) in [6.45, 7) is 5.97. The highest BCUT2D eigenvalue weighted by molar-refractivity contribution is 8.00.